The van der Waals surface area contributed by atoms with Crippen LogP contribution in [0.15, 0.2) is 249 Å². The van der Waals surface area contributed by atoms with Crippen molar-refractivity contribution in [2.75, 3.05) is 4.90 Å². The first-order valence-electron chi connectivity index (χ1n) is 28.6. The van der Waals surface area contributed by atoms with Crippen LogP contribution < -0.4 is 4.90 Å². The minimum atomic E-state index is 0.412. The van der Waals surface area contributed by atoms with Gasteiger partial charge in [-0.2, -0.15) is 0 Å². The number of para-hydroxylation sites is 6. The first-order chi connectivity index (χ1) is 40.7. The predicted octanol–water partition coefficient (Wildman–Crippen LogP) is 18.6. The highest BCUT2D eigenvalue weighted by Crippen LogP contribution is 2.51. The molecule has 1 fully saturated rings. The summed E-state index contributed by atoms with van der Waals surface area (Å²) >= 11 is 0. The maximum absolute atomic E-state index is 5.43. The Morgan fingerprint density at radius 3 is 1.57 bits per heavy atom. The van der Waals surface area contributed by atoms with Gasteiger partial charge in [-0.05, 0) is 121 Å². The van der Waals surface area contributed by atoms with E-state index in [-0.39, 0.29) is 0 Å². The number of nitrogens with zero attached hydrogens (tertiary/aromatic N) is 7. The molecule has 4 aromatic heterocycles. The third kappa shape index (κ3) is 7.21. The van der Waals surface area contributed by atoms with Crippen molar-refractivity contribution in [3.63, 3.8) is 0 Å². The molecule has 1 aliphatic heterocycles. The molecule has 2 atom stereocenters. The van der Waals surface area contributed by atoms with Crippen LogP contribution in [0.5, 0.6) is 0 Å². The lowest BCUT2D eigenvalue weighted by atomic mass is 9.82. The van der Waals surface area contributed by atoms with Gasteiger partial charge in [0.1, 0.15) is 5.52 Å². The van der Waals surface area contributed by atoms with E-state index in [0.29, 0.717) is 29.4 Å². The number of aromatic nitrogens is 6. The van der Waals surface area contributed by atoms with Gasteiger partial charge in [0.25, 0.3) is 0 Å². The zero-order valence-electron chi connectivity index (χ0n) is 44.8. The van der Waals surface area contributed by atoms with Crippen LogP contribution in [0.2, 0.25) is 0 Å². The molecular weight excluding hydrogens is 999 g/mol. The molecule has 2 unspecified atom stereocenters. The largest absolute Gasteiger partial charge is 0.331 e. The summed E-state index contributed by atoms with van der Waals surface area (Å²) in [6.07, 6.45) is 4.91. The summed E-state index contributed by atoms with van der Waals surface area (Å²) in [4.78, 5) is 18.6. The van der Waals surface area contributed by atoms with Crippen LogP contribution in [0.1, 0.15) is 37.2 Å². The van der Waals surface area contributed by atoms with E-state index in [0.717, 1.165) is 94.4 Å². The molecule has 15 aromatic rings. The SMILES string of the molecule is c1c(N2c3ccccc3C3CCCCC32)cc2c3ccc(-c4cc(-c5nc(-c6ccccc6)nc(-c6cccc(-n7c8ccccc8c8ccccc87)c6)n5)ccc4-n4c5ccccc5c5ccccc54)cc3n(-c3ccccc3)c2c#1. The number of anilines is 2. The maximum atomic E-state index is 5.43. The molecule has 7 nitrogen and oxygen atoms in total. The second-order valence-corrected chi connectivity index (χ2v) is 22.0. The van der Waals surface area contributed by atoms with Crippen LogP contribution in [0.4, 0.5) is 11.4 Å². The molecule has 82 heavy (non-hydrogen) atoms. The van der Waals surface area contributed by atoms with Gasteiger partial charge in [0.15, 0.2) is 17.5 Å². The highest BCUT2D eigenvalue weighted by Gasteiger charge is 2.40. The van der Waals surface area contributed by atoms with Gasteiger partial charge >= 0.3 is 0 Å². The summed E-state index contributed by atoms with van der Waals surface area (Å²) in [6.45, 7) is 0. The summed E-state index contributed by atoms with van der Waals surface area (Å²) in [5, 5.41) is 7.15. The minimum absolute atomic E-state index is 0.412. The molecule has 0 N–H and O–H groups in total. The Bertz CT molecular complexity index is 4920. The lowest BCUT2D eigenvalue weighted by molar-refractivity contribution is 0.402. The van der Waals surface area contributed by atoms with Crippen LogP contribution in [-0.2, 0) is 0 Å². The first-order valence-corrected chi connectivity index (χ1v) is 28.6. The standard InChI is InChI=1S/C75H51N7/c1-3-20-48(21-4-1)73-76-74(50-22-19-25-53(44-50)80-64-32-13-7-26-55(64)56-27-8-14-33-65(56)80)78-75(77-73)51-39-42-70(82-68-36-17-11-30-59(68)60-31-12-18-37-69(60)82)62(45-51)49-38-41-61-63-47-54(40-43-71(63)79(72(61)46-49)52-23-5-2-6-24-52)81-66-34-15-9-28-57(66)58-29-10-16-35-67(58)81/h1-9,11-15,17-28,30-34,36-39,41-42,44-47,58,67H,10,16,29,35H2. The van der Waals surface area contributed by atoms with Gasteiger partial charge in [0.2, 0.25) is 0 Å². The minimum Gasteiger partial charge on any atom is -0.331 e. The van der Waals surface area contributed by atoms with Crippen molar-refractivity contribution >= 4 is 76.8 Å². The Hall–Kier alpha value is -10.6. The Morgan fingerprint density at radius 1 is 0.341 bits per heavy atom. The Kier molecular flexibility index (Phi) is 10.5. The third-order valence-corrected chi connectivity index (χ3v) is 17.5. The van der Waals surface area contributed by atoms with E-state index in [4.69, 9.17) is 15.0 Å². The molecule has 1 saturated carbocycles. The van der Waals surface area contributed by atoms with Gasteiger partial charge < -0.3 is 18.6 Å². The number of rotatable bonds is 8. The fourth-order valence-corrected chi connectivity index (χ4v) is 13.9. The number of benzene rings is 10. The summed E-state index contributed by atoms with van der Waals surface area (Å²) < 4.78 is 7.14. The lowest BCUT2D eigenvalue weighted by Gasteiger charge is -2.32. The molecule has 0 bridgehead atoms. The number of hydrogen-bond acceptors (Lipinski definition) is 4. The molecule has 0 saturated heterocycles. The zero-order valence-corrected chi connectivity index (χ0v) is 44.8. The van der Waals surface area contributed by atoms with Crippen LogP contribution in [0, 0.1) is 12.1 Å². The van der Waals surface area contributed by atoms with Crippen molar-refractivity contribution in [3.8, 4) is 62.4 Å². The Balaban J connectivity index is 0.880. The highest BCUT2D eigenvalue weighted by molar-refractivity contribution is 6.13. The third-order valence-electron chi connectivity index (χ3n) is 17.5. The Labute approximate surface area is 474 Å². The maximum Gasteiger partial charge on any atom is 0.164 e. The molecule has 17 rings (SSSR count). The fourth-order valence-electron chi connectivity index (χ4n) is 13.9. The van der Waals surface area contributed by atoms with Gasteiger partial charge in [-0.3, -0.25) is 0 Å². The van der Waals surface area contributed by atoms with Gasteiger partial charge in [-0.1, -0.05) is 177 Å². The average Bonchev–Trinajstić information content (AvgIpc) is 3.35. The van der Waals surface area contributed by atoms with Crippen molar-refractivity contribution in [1.82, 2.24) is 28.7 Å². The molecule has 2 aliphatic rings. The summed E-state index contributed by atoms with van der Waals surface area (Å²) in [6, 6.07) is 97.4. The van der Waals surface area contributed by atoms with E-state index in [2.05, 4.69) is 261 Å². The molecular formula is C75H51N7. The molecule has 0 radical (unpaired) electrons. The monoisotopic (exact) mass is 1050 g/mol. The molecule has 11 aromatic carbocycles. The van der Waals surface area contributed by atoms with E-state index in [1.807, 2.05) is 18.2 Å². The van der Waals surface area contributed by atoms with Crippen LogP contribution in [0.3, 0.4) is 0 Å². The quantitative estimate of drug-likeness (QED) is 0.152. The molecule has 5 heterocycles. The van der Waals surface area contributed by atoms with Crippen molar-refractivity contribution in [3.05, 3.63) is 266 Å². The Morgan fingerprint density at radius 2 is 0.878 bits per heavy atom. The van der Waals surface area contributed by atoms with Gasteiger partial charge in [-0.15, -0.1) is 0 Å². The molecule has 386 valence electrons. The van der Waals surface area contributed by atoms with E-state index < -0.39 is 0 Å². The topological polar surface area (TPSA) is 56.7 Å². The second kappa shape index (κ2) is 18.5. The summed E-state index contributed by atoms with van der Waals surface area (Å²) in [5.41, 5.74) is 18.4. The highest BCUT2D eigenvalue weighted by atomic mass is 15.2. The molecule has 7 heteroatoms. The van der Waals surface area contributed by atoms with E-state index in [1.54, 1.807) is 0 Å². The van der Waals surface area contributed by atoms with Gasteiger partial charge in [0, 0.05) is 83.6 Å². The van der Waals surface area contributed by atoms with Crippen LogP contribution in [-0.4, -0.2) is 34.7 Å². The normalized spacial score (nSPS) is 15.0. The van der Waals surface area contributed by atoms with Gasteiger partial charge in [-0.25, -0.2) is 15.0 Å². The van der Waals surface area contributed by atoms with Gasteiger partial charge in [0.05, 0.1) is 39.0 Å². The predicted molar refractivity (Wildman–Crippen MR) is 336 cm³/mol. The van der Waals surface area contributed by atoms with Crippen LogP contribution >= 0.6 is 0 Å². The van der Waals surface area contributed by atoms with Crippen molar-refractivity contribution in [2.45, 2.75) is 37.6 Å². The molecule has 0 amide bonds. The first kappa shape index (κ1) is 46.4. The molecule has 1 aliphatic carbocycles. The summed E-state index contributed by atoms with van der Waals surface area (Å²) in [5.74, 6) is 2.31. The number of hydrogen-bond donors (Lipinski definition) is 0. The average molecular weight is 1050 g/mol. The second-order valence-electron chi connectivity index (χ2n) is 22.0. The summed E-state index contributed by atoms with van der Waals surface area (Å²) in [7, 11) is 0. The van der Waals surface area contributed by atoms with Crippen molar-refractivity contribution in [1.29, 1.82) is 0 Å². The van der Waals surface area contributed by atoms with E-state index in [9.17, 15) is 0 Å². The fraction of sp³-hybridized carbons (Fsp3) is 0.0800. The van der Waals surface area contributed by atoms with Crippen molar-refractivity contribution in [2.24, 2.45) is 0 Å². The van der Waals surface area contributed by atoms with E-state index in [1.165, 1.54) is 58.5 Å². The van der Waals surface area contributed by atoms with Crippen molar-refractivity contribution < 1.29 is 0 Å². The van der Waals surface area contributed by atoms with Crippen LogP contribution in [0.25, 0.3) is 128 Å². The smallest absolute Gasteiger partial charge is 0.164 e. The molecule has 0 spiro atoms. The van der Waals surface area contributed by atoms with E-state index >= 15 is 0 Å². The lowest BCUT2D eigenvalue weighted by Crippen LogP contribution is -2.32. The zero-order chi connectivity index (χ0) is 53.8. The number of fused-ring (bicyclic) bond motifs is 12.